The number of carbonyl (C=O) groups is 1. The molecule has 29 heavy (non-hydrogen) atoms. The van der Waals surface area contributed by atoms with Crippen LogP contribution in [0.15, 0.2) is 33.9 Å². The van der Waals surface area contributed by atoms with Crippen LogP contribution in [0.2, 0.25) is 0 Å². The molecule has 2 aromatic rings. The van der Waals surface area contributed by atoms with E-state index in [4.69, 9.17) is 4.74 Å². The average molecular weight is 402 g/mol. The van der Waals surface area contributed by atoms with Gasteiger partial charge in [-0.25, -0.2) is 4.79 Å². The molecule has 0 aliphatic rings. The summed E-state index contributed by atoms with van der Waals surface area (Å²) in [5.74, 6) is 0.221. The number of nitrogens with zero attached hydrogens (tertiary/aromatic N) is 2. The molecule has 0 saturated heterocycles. The van der Waals surface area contributed by atoms with Crippen LogP contribution in [0.4, 0.5) is 5.69 Å². The van der Waals surface area contributed by atoms with Crippen LogP contribution >= 0.6 is 0 Å². The van der Waals surface area contributed by atoms with Gasteiger partial charge in [-0.05, 0) is 53.2 Å². The monoisotopic (exact) mass is 401 g/mol. The second-order valence-corrected chi connectivity index (χ2v) is 7.67. The summed E-state index contributed by atoms with van der Waals surface area (Å²) in [4.78, 5) is 41.9. The van der Waals surface area contributed by atoms with Crippen molar-refractivity contribution in [2.45, 2.75) is 66.5 Å². The van der Waals surface area contributed by atoms with Gasteiger partial charge in [0, 0.05) is 18.8 Å². The molecule has 0 spiro atoms. The lowest BCUT2D eigenvalue weighted by molar-refractivity contribution is -0.131. The molecule has 0 aliphatic heterocycles. The molecule has 0 saturated carbocycles. The van der Waals surface area contributed by atoms with Gasteiger partial charge in [-0.3, -0.25) is 19.1 Å². The first-order chi connectivity index (χ1) is 13.6. The second-order valence-electron chi connectivity index (χ2n) is 7.67. The summed E-state index contributed by atoms with van der Waals surface area (Å²) in [6, 6.07) is 7.44. The Kier molecular flexibility index (Phi) is 7.06. The van der Waals surface area contributed by atoms with Gasteiger partial charge >= 0.3 is 5.69 Å². The van der Waals surface area contributed by atoms with Gasteiger partial charge in [0.15, 0.2) is 5.60 Å². The Bertz CT molecular complexity index is 971. The number of anilines is 1. The summed E-state index contributed by atoms with van der Waals surface area (Å²) in [6.07, 6.45) is 1.71. The number of unbranched alkanes of at least 4 members (excludes halogenated alkanes) is 1. The fourth-order valence-corrected chi connectivity index (χ4v) is 3.24. The van der Waals surface area contributed by atoms with Gasteiger partial charge in [0.05, 0.1) is 0 Å². The van der Waals surface area contributed by atoms with E-state index >= 15 is 0 Å². The number of carbonyl (C=O) groups excluding carboxylic acids is 1. The van der Waals surface area contributed by atoms with Crippen molar-refractivity contribution in [2.75, 3.05) is 11.4 Å². The van der Waals surface area contributed by atoms with Crippen molar-refractivity contribution in [1.29, 1.82) is 0 Å². The lowest BCUT2D eigenvalue weighted by Crippen LogP contribution is -2.51. The molecule has 1 N–H and O–H groups in total. The second kappa shape index (κ2) is 9.11. The summed E-state index contributed by atoms with van der Waals surface area (Å²) in [5, 5.41) is 0. The Morgan fingerprint density at radius 3 is 2.31 bits per heavy atom. The molecule has 1 heterocycles. The molecule has 0 bridgehead atoms. The van der Waals surface area contributed by atoms with Crippen LogP contribution in [0.25, 0.3) is 0 Å². The van der Waals surface area contributed by atoms with Crippen molar-refractivity contribution in [1.82, 2.24) is 9.55 Å². The molecule has 0 unspecified atom stereocenters. The maximum absolute atomic E-state index is 13.3. The number of amides is 1. The number of aryl methyl sites for hydroxylation is 1. The molecule has 0 atom stereocenters. The summed E-state index contributed by atoms with van der Waals surface area (Å²) in [7, 11) is 0. The van der Waals surface area contributed by atoms with E-state index in [1.807, 2.05) is 38.1 Å². The zero-order chi connectivity index (χ0) is 21.8. The molecule has 1 amide bonds. The van der Waals surface area contributed by atoms with Crippen molar-refractivity contribution in [2.24, 2.45) is 0 Å². The Labute approximate surface area is 171 Å². The highest BCUT2D eigenvalue weighted by Crippen LogP contribution is 2.24. The number of aromatic amines is 1. The third-order valence-electron chi connectivity index (χ3n) is 4.90. The van der Waals surface area contributed by atoms with E-state index in [0.29, 0.717) is 18.0 Å². The number of hydrogen-bond donors (Lipinski definition) is 1. The molecule has 0 radical (unpaired) electrons. The lowest BCUT2D eigenvalue weighted by atomic mass is 10.1. The molecule has 1 aromatic heterocycles. The third-order valence-corrected chi connectivity index (χ3v) is 4.90. The zero-order valence-corrected chi connectivity index (χ0v) is 18.2. The van der Waals surface area contributed by atoms with Gasteiger partial charge in [0.25, 0.3) is 11.5 Å². The Morgan fingerprint density at radius 2 is 1.76 bits per heavy atom. The summed E-state index contributed by atoms with van der Waals surface area (Å²) in [5.41, 5.74) is -0.463. The average Bonchev–Trinajstić information content (AvgIpc) is 2.66. The van der Waals surface area contributed by atoms with Crippen LogP contribution in [-0.2, 0) is 11.3 Å². The highest BCUT2D eigenvalue weighted by molar-refractivity contribution is 5.99. The van der Waals surface area contributed by atoms with Gasteiger partial charge in [-0.15, -0.1) is 0 Å². The Balaban J connectivity index is 2.43. The van der Waals surface area contributed by atoms with E-state index in [0.717, 1.165) is 18.4 Å². The fourth-order valence-electron chi connectivity index (χ4n) is 3.24. The maximum atomic E-state index is 13.3. The van der Waals surface area contributed by atoms with Crippen LogP contribution in [0.3, 0.4) is 0 Å². The van der Waals surface area contributed by atoms with Crippen molar-refractivity contribution in [3.63, 3.8) is 0 Å². The number of benzene rings is 1. The topological polar surface area (TPSA) is 84.4 Å². The van der Waals surface area contributed by atoms with Crippen LogP contribution in [0.5, 0.6) is 5.75 Å². The van der Waals surface area contributed by atoms with Crippen LogP contribution in [0, 0.1) is 13.8 Å². The summed E-state index contributed by atoms with van der Waals surface area (Å²) < 4.78 is 7.47. The molecule has 158 valence electrons. The Hall–Kier alpha value is -2.83. The number of rotatable bonds is 8. The molecular weight excluding hydrogens is 370 g/mol. The van der Waals surface area contributed by atoms with Crippen molar-refractivity contribution in [3.05, 3.63) is 56.4 Å². The smallest absolute Gasteiger partial charge is 0.328 e. The molecule has 0 aliphatic carbocycles. The highest BCUT2D eigenvalue weighted by Gasteiger charge is 2.36. The third kappa shape index (κ3) is 4.96. The summed E-state index contributed by atoms with van der Waals surface area (Å²) >= 11 is 0. The first kappa shape index (κ1) is 22.5. The molecule has 0 fully saturated rings. The van der Waals surface area contributed by atoms with Gasteiger partial charge < -0.3 is 9.64 Å². The van der Waals surface area contributed by atoms with Crippen LogP contribution < -0.4 is 20.9 Å². The van der Waals surface area contributed by atoms with Crippen LogP contribution in [0.1, 0.15) is 51.8 Å². The standard InChI is InChI=1S/C22H31N3O4/c1-7-9-14-25-16(4)18(19(26)23-21(25)28)24(8-2)20(27)22(5,6)29-17-12-10-15(3)11-13-17/h10-13H,7-9,14H2,1-6H3,(H,23,26,28). The number of nitrogens with one attached hydrogen (secondary N) is 1. The van der Waals surface area contributed by atoms with E-state index in [-0.39, 0.29) is 18.1 Å². The first-order valence-electron chi connectivity index (χ1n) is 10.0. The van der Waals surface area contributed by atoms with E-state index in [2.05, 4.69) is 4.98 Å². The van der Waals surface area contributed by atoms with Gasteiger partial charge in [-0.2, -0.15) is 0 Å². The van der Waals surface area contributed by atoms with Crippen molar-refractivity contribution >= 4 is 11.6 Å². The van der Waals surface area contributed by atoms with Crippen LogP contribution in [-0.4, -0.2) is 27.6 Å². The number of hydrogen-bond acceptors (Lipinski definition) is 4. The number of H-pyrrole nitrogens is 1. The normalized spacial score (nSPS) is 11.4. The number of ether oxygens (including phenoxy) is 1. The predicted molar refractivity (Wildman–Crippen MR) is 115 cm³/mol. The first-order valence-corrected chi connectivity index (χ1v) is 10.0. The van der Waals surface area contributed by atoms with E-state index < -0.39 is 16.9 Å². The minimum absolute atomic E-state index is 0.189. The lowest BCUT2D eigenvalue weighted by Gasteiger charge is -2.32. The van der Waals surface area contributed by atoms with Crippen molar-refractivity contribution in [3.8, 4) is 5.75 Å². The molecule has 2 rings (SSSR count). The van der Waals surface area contributed by atoms with Gasteiger partial charge in [0.1, 0.15) is 11.4 Å². The predicted octanol–water partition coefficient (Wildman–Crippen LogP) is 3.16. The molecule has 1 aromatic carbocycles. The number of aromatic nitrogens is 2. The van der Waals surface area contributed by atoms with Gasteiger partial charge in [-0.1, -0.05) is 31.0 Å². The molecule has 7 heteroatoms. The zero-order valence-electron chi connectivity index (χ0n) is 18.2. The molecule has 7 nitrogen and oxygen atoms in total. The summed E-state index contributed by atoms with van der Waals surface area (Å²) in [6.45, 7) is 11.6. The maximum Gasteiger partial charge on any atom is 0.328 e. The highest BCUT2D eigenvalue weighted by atomic mass is 16.5. The minimum Gasteiger partial charge on any atom is -0.478 e. The quantitative estimate of drug-likeness (QED) is 0.736. The number of likely N-dealkylation sites (N-methyl/N-ethyl adjacent to an activating group) is 1. The fraction of sp³-hybridized carbons (Fsp3) is 0.500. The van der Waals surface area contributed by atoms with E-state index in [1.165, 1.54) is 9.47 Å². The SMILES string of the molecule is CCCCn1c(C)c(N(CC)C(=O)C(C)(C)Oc2ccc(C)cc2)c(=O)[nH]c1=O. The molecular formula is C22H31N3O4. The van der Waals surface area contributed by atoms with Gasteiger partial charge in [0.2, 0.25) is 0 Å². The largest absolute Gasteiger partial charge is 0.478 e. The Morgan fingerprint density at radius 1 is 1.14 bits per heavy atom. The van der Waals surface area contributed by atoms with E-state index in [9.17, 15) is 14.4 Å². The van der Waals surface area contributed by atoms with E-state index in [1.54, 1.807) is 27.7 Å². The minimum atomic E-state index is -1.20. The van der Waals surface area contributed by atoms with Crippen molar-refractivity contribution < 1.29 is 9.53 Å².